The quantitative estimate of drug-likeness (QED) is 0.340. The third kappa shape index (κ3) is 4.52. The second-order valence-corrected chi connectivity index (χ2v) is 8.10. The third-order valence-corrected chi connectivity index (χ3v) is 5.90. The van der Waals surface area contributed by atoms with Crippen LogP contribution in [0, 0.1) is 15.9 Å². The van der Waals surface area contributed by atoms with Gasteiger partial charge in [0.05, 0.1) is 15.4 Å². The van der Waals surface area contributed by atoms with E-state index in [2.05, 4.69) is 4.72 Å². The van der Waals surface area contributed by atoms with E-state index in [0.29, 0.717) is 0 Å². The molecule has 3 rings (SSSR count). The van der Waals surface area contributed by atoms with Crippen LogP contribution < -0.4 is 9.46 Å². The Morgan fingerprint density at radius 3 is 2.57 bits per heavy atom. The van der Waals surface area contributed by atoms with Gasteiger partial charge < -0.3 is 4.74 Å². The number of benzene rings is 2. The topological polar surface area (TPSA) is 116 Å². The van der Waals surface area contributed by atoms with Crippen LogP contribution >= 0.6 is 0 Å². The Morgan fingerprint density at radius 1 is 1.18 bits per heavy atom. The summed E-state index contributed by atoms with van der Waals surface area (Å²) < 4.78 is 45.9. The van der Waals surface area contributed by atoms with Gasteiger partial charge in [0, 0.05) is 18.2 Å². The number of nitro benzene ring substituents is 1. The average Bonchev–Trinajstić information content (AvgIpc) is 3.14. The summed E-state index contributed by atoms with van der Waals surface area (Å²) in [5.41, 5.74) is -0.714. The Hall–Kier alpha value is -2.85. The first-order chi connectivity index (χ1) is 13.3. The number of sulfonamides is 1. The van der Waals surface area contributed by atoms with Crippen LogP contribution in [0.25, 0.3) is 0 Å². The highest BCUT2D eigenvalue weighted by Gasteiger charge is 2.25. The molecule has 148 valence electrons. The lowest BCUT2D eigenvalue weighted by atomic mass is 10.2. The molecular weight excluding hydrogens is 391 g/mol. The standard InChI is InChI=1S/C18H17FN2O6S/c19-13-8-9-16(21(23)24)17(11-13)27-18(22)12-4-3-7-15(10-12)28(25,26)20-14-5-1-2-6-14/h3-4,7-11,14,20H,1-2,5-6H2. The van der Waals surface area contributed by atoms with Gasteiger partial charge in [-0.15, -0.1) is 0 Å². The highest BCUT2D eigenvalue weighted by atomic mass is 32.2. The number of carbonyl (C=O) groups is 1. The van der Waals surface area contributed by atoms with Gasteiger partial charge >= 0.3 is 11.7 Å². The summed E-state index contributed by atoms with van der Waals surface area (Å²) >= 11 is 0. The molecule has 0 unspecified atom stereocenters. The summed E-state index contributed by atoms with van der Waals surface area (Å²) in [6, 6.07) is 7.45. The van der Waals surface area contributed by atoms with Gasteiger partial charge in [0.1, 0.15) is 5.82 Å². The van der Waals surface area contributed by atoms with E-state index in [9.17, 15) is 27.7 Å². The summed E-state index contributed by atoms with van der Waals surface area (Å²) in [4.78, 5) is 22.4. The summed E-state index contributed by atoms with van der Waals surface area (Å²) in [6.45, 7) is 0. The van der Waals surface area contributed by atoms with Gasteiger partial charge in [-0.1, -0.05) is 18.9 Å². The molecule has 0 aromatic heterocycles. The lowest BCUT2D eigenvalue weighted by molar-refractivity contribution is -0.385. The van der Waals surface area contributed by atoms with Crippen molar-refractivity contribution in [3.8, 4) is 5.75 Å². The number of nitrogens with one attached hydrogen (secondary N) is 1. The maximum absolute atomic E-state index is 13.4. The van der Waals surface area contributed by atoms with Crippen molar-refractivity contribution in [1.29, 1.82) is 0 Å². The van der Waals surface area contributed by atoms with Crippen molar-refractivity contribution < 1.29 is 27.3 Å². The maximum atomic E-state index is 13.4. The lowest BCUT2D eigenvalue weighted by Crippen LogP contribution is -2.32. The van der Waals surface area contributed by atoms with E-state index < -0.39 is 38.2 Å². The van der Waals surface area contributed by atoms with Crippen LogP contribution in [-0.4, -0.2) is 25.4 Å². The molecule has 28 heavy (non-hydrogen) atoms. The molecule has 1 saturated carbocycles. The molecule has 0 bridgehead atoms. The van der Waals surface area contributed by atoms with Crippen molar-refractivity contribution in [2.24, 2.45) is 0 Å². The van der Waals surface area contributed by atoms with E-state index in [4.69, 9.17) is 4.74 Å². The van der Waals surface area contributed by atoms with Crippen molar-refractivity contribution in [2.75, 3.05) is 0 Å². The molecule has 0 spiro atoms. The first kappa shape index (κ1) is 19.9. The van der Waals surface area contributed by atoms with E-state index in [0.717, 1.165) is 49.9 Å². The molecule has 0 heterocycles. The molecule has 8 nitrogen and oxygen atoms in total. The maximum Gasteiger partial charge on any atom is 0.343 e. The third-order valence-electron chi connectivity index (χ3n) is 4.38. The number of carbonyl (C=O) groups excluding carboxylic acids is 1. The van der Waals surface area contributed by atoms with Gasteiger partial charge in [-0.25, -0.2) is 22.3 Å². The Labute approximate surface area is 160 Å². The van der Waals surface area contributed by atoms with Gasteiger partial charge in [0.25, 0.3) is 0 Å². The summed E-state index contributed by atoms with van der Waals surface area (Å²) in [7, 11) is -3.83. The van der Waals surface area contributed by atoms with E-state index in [-0.39, 0.29) is 16.5 Å². The smallest absolute Gasteiger partial charge is 0.343 e. The van der Waals surface area contributed by atoms with Crippen molar-refractivity contribution in [1.82, 2.24) is 4.72 Å². The molecule has 1 fully saturated rings. The minimum Gasteiger partial charge on any atom is -0.415 e. The fourth-order valence-electron chi connectivity index (χ4n) is 3.00. The normalized spacial score (nSPS) is 14.8. The zero-order valence-corrected chi connectivity index (χ0v) is 15.4. The highest BCUT2D eigenvalue weighted by Crippen LogP contribution is 2.28. The molecular formula is C18H17FN2O6S. The number of hydrogen-bond donors (Lipinski definition) is 1. The number of halogens is 1. The van der Waals surface area contributed by atoms with Gasteiger partial charge in [0.2, 0.25) is 15.8 Å². The van der Waals surface area contributed by atoms with E-state index in [1.54, 1.807) is 0 Å². The predicted octanol–water partition coefficient (Wildman–Crippen LogP) is 3.17. The van der Waals surface area contributed by atoms with Crippen molar-refractivity contribution in [3.63, 3.8) is 0 Å². The highest BCUT2D eigenvalue weighted by molar-refractivity contribution is 7.89. The largest absolute Gasteiger partial charge is 0.415 e. The number of hydrogen-bond acceptors (Lipinski definition) is 6. The number of nitro groups is 1. The lowest BCUT2D eigenvalue weighted by Gasteiger charge is -2.13. The first-order valence-corrected chi connectivity index (χ1v) is 10.0. The molecule has 0 radical (unpaired) electrons. The molecule has 0 atom stereocenters. The van der Waals surface area contributed by atoms with Gasteiger partial charge in [-0.2, -0.15) is 0 Å². The van der Waals surface area contributed by atoms with Gasteiger partial charge in [-0.3, -0.25) is 10.1 Å². The molecule has 2 aromatic rings. The van der Waals surface area contributed by atoms with Gasteiger partial charge in [0.15, 0.2) is 0 Å². The first-order valence-electron chi connectivity index (χ1n) is 8.55. The van der Waals surface area contributed by atoms with E-state index in [1.165, 1.54) is 18.2 Å². The second kappa shape index (κ2) is 8.03. The van der Waals surface area contributed by atoms with Crippen LogP contribution in [0.2, 0.25) is 0 Å². The Morgan fingerprint density at radius 2 is 1.89 bits per heavy atom. The van der Waals surface area contributed by atoms with E-state index >= 15 is 0 Å². The monoisotopic (exact) mass is 408 g/mol. The molecule has 0 aliphatic heterocycles. The fraction of sp³-hybridized carbons (Fsp3) is 0.278. The number of nitrogens with zero attached hydrogens (tertiary/aromatic N) is 1. The summed E-state index contributed by atoms with van der Waals surface area (Å²) in [6.07, 6.45) is 3.41. The fourth-order valence-corrected chi connectivity index (χ4v) is 4.35. The van der Waals surface area contributed by atoms with Crippen LogP contribution in [0.4, 0.5) is 10.1 Å². The number of ether oxygens (including phenoxy) is 1. The molecule has 10 heteroatoms. The molecule has 0 saturated heterocycles. The average molecular weight is 408 g/mol. The molecule has 1 N–H and O–H groups in total. The molecule has 1 aliphatic rings. The van der Waals surface area contributed by atoms with Gasteiger partial charge in [-0.05, 0) is 37.1 Å². The van der Waals surface area contributed by atoms with Crippen molar-refractivity contribution >= 4 is 21.7 Å². The summed E-state index contributed by atoms with van der Waals surface area (Å²) in [5.74, 6) is -2.41. The zero-order chi connectivity index (χ0) is 20.3. The second-order valence-electron chi connectivity index (χ2n) is 6.39. The van der Waals surface area contributed by atoms with Crippen LogP contribution in [0.3, 0.4) is 0 Å². The van der Waals surface area contributed by atoms with Crippen LogP contribution in [-0.2, 0) is 10.0 Å². The minimum atomic E-state index is -3.83. The zero-order valence-electron chi connectivity index (χ0n) is 14.6. The molecule has 0 amide bonds. The Bertz CT molecular complexity index is 1020. The number of esters is 1. The van der Waals surface area contributed by atoms with E-state index in [1.807, 2.05) is 0 Å². The Kier molecular flexibility index (Phi) is 5.71. The SMILES string of the molecule is O=C(Oc1cc(F)ccc1[N+](=O)[O-])c1cccc(S(=O)(=O)NC2CCCC2)c1. The van der Waals surface area contributed by atoms with Crippen LogP contribution in [0.15, 0.2) is 47.4 Å². The molecule has 1 aliphatic carbocycles. The van der Waals surface area contributed by atoms with Crippen molar-refractivity contribution in [2.45, 2.75) is 36.6 Å². The molecule has 2 aromatic carbocycles. The number of rotatable bonds is 6. The van der Waals surface area contributed by atoms with Crippen LogP contribution in [0.5, 0.6) is 5.75 Å². The predicted molar refractivity (Wildman–Crippen MR) is 97.0 cm³/mol. The van der Waals surface area contributed by atoms with Crippen molar-refractivity contribution in [3.05, 3.63) is 64.0 Å². The Balaban J connectivity index is 1.83. The summed E-state index contributed by atoms with van der Waals surface area (Å²) in [5, 5.41) is 11.0. The minimum absolute atomic E-state index is 0.123. The van der Waals surface area contributed by atoms with Crippen LogP contribution in [0.1, 0.15) is 36.0 Å².